The van der Waals surface area contributed by atoms with E-state index in [9.17, 15) is 14.9 Å². The van der Waals surface area contributed by atoms with Gasteiger partial charge in [0.15, 0.2) is 0 Å². The molecule has 0 saturated carbocycles. The van der Waals surface area contributed by atoms with Crippen LogP contribution in [0, 0.1) is 11.3 Å². The van der Waals surface area contributed by atoms with Crippen molar-refractivity contribution < 1.29 is 9.59 Å². The smallest absolute Gasteiger partial charge is 0.230 e. The van der Waals surface area contributed by atoms with Gasteiger partial charge in [-0.1, -0.05) is 0 Å². The zero-order valence-electron chi connectivity index (χ0n) is 19.7. The van der Waals surface area contributed by atoms with Crippen molar-refractivity contribution in [3.05, 3.63) is 46.5 Å². The highest BCUT2D eigenvalue weighted by Gasteiger charge is 2.35. The second-order valence-corrected chi connectivity index (χ2v) is 10.7. The molecule has 0 spiro atoms. The minimum atomic E-state index is -0.315. The lowest BCUT2D eigenvalue weighted by Gasteiger charge is -2.38. The van der Waals surface area contributed by atoms with E-state index >= 15 is 0 Å². The van der Waals surface area contributed by atoms with Gasteiger partial charge in [0.25, 0.3) is 0 Å². The molecule has 2 saturated heterocycles. The summed E-state index contributed by atoms with van der Waals surface area (Å²) in [6.07, 6.45) is 5.56. The van der Waals surface area contributed by atoms with Crippen molar-refractivity contribution in [3.8, 4) is 17.2 Å². The molecule has 0 radical (unpaired) electrons. The van der Waals surface area contributed by atoms with Crippen LogP contribution in [0.1, 0.15) is 54.7 Å². The molecule has 7 nitrogen and oxygen atoms in total. The van der Waals surface area contributed by atoms with E-state index in [4.69, 9.17) is 0 Å². The van der Waals surface area contributed by atoms with Crippen molar-refractivity contribution in [2.75, 3.05) is 24.5 Å². The second-order valence-electron chi connectivity index (χ2n) is 9.64. The number of pyridine rings is 1. The summed E-state index contributed by atoms with van der Waals surface area (Å²) >= 11 is 1.59. The Labute approximate surface area is 208 Å². The van der Waals surface area contributed by atoms with Crippen LogP contribution in [-0.2, 0) is 16.0 Å². The number of nitrogens with zero attached hydrogens (tertiary/aromatic N) is 4. The summed E-state index contributed by atoms with van der Waals surface area (Å²) in [4.78, 5) is 34.2. The van der Waals surface area contributed by atoms with E-state index < -0.39 is 0 Å². The molecule has 6 rings (SSSR count). The highest BCUT2D eigenvalue weighted by atomic mass is 32.1. The molecule has 1 N–H and O–H groups in total. The van der Waals surface area contributed by atoms with E-state index in [-0.39, 0.29) is 30.7 Å². The van der Waals surface area contributed by atoms with Gasteiger partial charge in [0, 0.05) is 59.9 Å². The molecule has 178 valence electrons. The quantitative estimate of drug-likeness (QED) is 0.558. The standard InChI is InChI=1S/C27H27N5O2S/c1-16(32-24(33)4-5-25(32)34)23-13-22-27(35-23)20(7-9-30-22)21-12-17(14-28)11-18-3-2-10-31(26(18)21)19-6-8-29-15-19/h7,9,11-13,16,19,29H,2-6,8,10,15H2,1H3/t16-,19-/m0/s1. The van der Waals surface area contributed by atoms with Crippen LogP contribution in [-0.4, -0.2) is 47.4 Å². The van der Waals surface area contributed by atoms with Gasteiger partial charge in [0.1, 0.15) is 0 Å². The van der Waals surface area contributed by atoms with Crippen molar-refractivity contribution in [2.45, 2.75) is 51.1 Å². The largest absolute Gasteiger partial charge is 0.366 e. The Kier molecular flexibility index (Phi) is 5.54. The number of hydrogen-bond acceptors (Lipinski definition) is 7. The van der Waals surface area contributed by atoms with Gasteiger partial charge in [-0.3, -0.25) is 19.5 Å². The second kappa shape index (κ2) is 8.74. The SMILES string of the molecule is C[C@@H](c1cc2nccc(-c3cc(C#N)cc4c3N([C@H]3CCNC3)CCC4)c2s1)N1C(=O)CCC1=O. The van der Waals surface area contributed by atoms with Crippen LogP contribution >= 0.6 is 11.3 Å². The number of likely N-dealkylation sites (tertiary alicyclic amines) is 1. The zero-order chi connectivity index (χ0) is 24.1. The van der Waals surface area contributed by atoms with E-state index in [0.717, 1.165) is 65.1 Å². The maximum Gasteiger partial charge on any atom is 0.230 e. The number of benzene rings is 1. The Morgan fingerprint density at radius 3 is 2.74 bits per heavy atom. The van der Waals surface area contributed by atoms with Gasteiger partial charge in [-0.15, -0.1) is 11.3 Å². The molecule has 0 aliphatic carbocycles. The maximum absolute atomic E-state index is 12.3. The number of thiophene rings is 1. The monoisotopic (exact) mass is 485 g/mol. The molecule has 2 amide bonds. The first kappa shape index (κ1) is 22.2. The Hall–Kier alpha value is -3.28. The molecule has 35 heavy (non-hydrogen) atoms. The summed E-state index contributed by atoms with van der Waals surface area (Å²) in [7, 11) is 0. The van der Waals surface area contributed by atoms with E-state index in [1.54, 1.807) is 11.3 Å². The first-order valence-corrected chi connectivity index (χ1v) is 13.1. The van der Waals surface area contributed by atoms with Crippen LogP contribution in [0.3, 0.4) is 0 Å². The fourth-order valence-electron chi connectivity index (χ4n) is 5.84. The molecule has 5 heterocycles. The minimum Gasteiger partial charge on any atom is -0.366 e. The Morgan fingerprint density at radius 1 is 1.17 bits per heavy atom. The molecule has 2 atom stereocenters. The fraction of sp³-hybridized carbons (Fsp3) is 0.407. The highest BCUT2D eigenvalue weighted by molar-refractivity contribution is 7.19. The average Bonchev–Trinajstić information content (AvgIpc) is 3.62. The average molecular weight is 486 g/mol. The summed E-state index contributed by atoms with van der Waals surface area (Å²) in [5.74, 6) is -0.213. The zero-order valence-corrected chi connectivity index (χ0v) is 20.5. The van der Waals surface area contributed by atoms with E-state index in [1.807, 2.05) is 31.3 Å². The number of aromatic nitrogens is 1. The topological polar surface area (TPSA) is 89.3 Å². The summed E-state index contributed by atoms with van der Waals surface area (Å²) in [5, 5.41) is 13.3. The van der Waals surface area contributed by atoms with Gasteiger partial charge in [0.05, 0.1) is 27.9 Å². The van der Waals surface area contributed by atoms with Gasteiger partial charge in [-0.2, -0.15) is 5.26 Å². The van der Waals surface area contributed by atoms with Crippen molar-refractivity contribution in [1.29, 1.82) is 5.26 Å². The predicted octanol–water partition coefficient (Wildman–Crippen LogP) is 4.16. The van der Waals surface area contributed by atoms with Crippen LogP contribution in [0.25, 0.3) is 21.3 Å². The number of nitrogens with one attached hydrogen (secondary N) is 1. The van der Waals surface area contributed by atoms with E-state index in [0.29, 0.717) is 11.6 Å². The van der Waals surface area contributed by atoms with Gasteiger partial charge in [-0.25, -0.2) is 0 Å². The fourth-order valence-corrected chi connectivity index (χ4v) is 7.03. The van der Waals surface area contributed by atoms with Gasteiger partial charge in [0.2, 0.25) is 11.8 Å². The number of fused-ring (bicyclic) bond motifs is 2. The molecule has 0 unspecified atom stereocenters. The molecule has 3 aliphatic heterocycles. The summed E-state index contributed by atoms with van der Waals surface area (Å²) < 4.78 is 1.03. The third kappa shape index (κ3) is 3.70. The molecular formula is C27H27N5O2S. The number of carbonyl (C=O) groups is 2. The van der Waals surface area contributed by atoms with Crippen molar-refractivity contribution in [3.63, 3.8) is 0 Å². The maximum atomic E-state index is 12.3. The van der Waals surface area contributed by atoms with Crippen LogP contribution in [0.5, 0.6) is 0 Å². The minimum absolute atomic E-state index is 0.107. The molecule has 1 aromatic carbocycles. The van der Waals surface area contributed by atoms with Crippen LogP contribution in [0.15, 0.2) is 30.5 Å². The van der Waals surface area contributed by atoms with E-state index in [2.05, 4.69) is 27.3 Å². The number of aryl methyl sites for hydroxylation is 1. The first-order valence-electron chi connectivity index (χ1n) is 12.3. The number of hydrogen-bond donors (Lipinski definition) is 1. The first-order chi connectivity index (χ1) is 17.0. The summed E-state index contributed by atoms with van der Waals surface area (Å²) in [6.45, 7) is 4.93. The molecule has 3 aliphatic rings. The van der Waals surface area contributed by atoms with E-state index in [1.165, 1.54) is 16.2 Å². The predicted molar refractivity (Wildman–Crippen MR) is 136 cm³/mol. The summed E-state index contributed by atoms with van der Waals surface area (Å²) in [5.41, 5.74) is 6.14. The van der Waals surface area contributed by atoms with Crippen molar-refractivity contribution in [1.82, 2.24) is 15.2 Å². The van der Waals surface area contributed by atoms with Gasteiger partial charge in [-0.05, 0) is 62.6 Å². The van der Waals surface area contributed by atoms with Gasteiger partial charge >= 0.3 is 0 Å². The third-order valence-electron chi connectivity index (χ3n) is 7.54. The van der Waals surface area contributed by atoms with Crippen molar-refractivity contribution in [2.24, 2.45) is 0 Å². The number of imide groups is 1. The molecular weight excluding hydrogens is 458 g/mol. The molecule has 2 fully saturated rings. The third-order valence-corrected chi connectivity index (χ3v) is 8.86. The van der Waals surface area contributed by atoms with Crippen LogP contribution in [0.2, 0.25) is 0 Å². The lowest BCUT2D eigenvalue weighted by molar-refractivity contribution is -0.140. The molecule has 2 aromatic heterocycles. The Morgan fingerprint density at radius 2 is 2.00 bits per heavy atom. The number of rotatable bonds is 4. The molecule has 3 aromatic rings. The number of nitriles is 1. The lowest BCUT2D eigenvalue weighted by Crippen LogP contribution is -2.40. The van der Waals surface area contributed by atoms with Crippen LogP contribution < -0.4 is 10.2 Å². The molecule has 0 bridgehead atoms. The van der Waals surface area contributed by atoms with Crippen LogP contribution in [0.4, 0.5) is 5.69 Å². The lowest BCUT2D eigenvalue weighted by atomic mass is 9.90. The highest BCUT2D eigenvalue weighted by Crippen LogP contribution is 2.45. The number of carbonyl (C=O) groups excluding carboxylic acids is 2. The van der Waals surface area contributed by atoms with Crippen molar-refractivity contribution >= 4 is 39.1 Å². The Balaban J connectivity index is 1.50. The molecule has 8 heteroatoms. The number of anilines is 1. The number of amides is 2. The Bertz CT molecular complexity index is 1370. The normalized spacial score (nSPS) is 21.0. The summed E-state index contributed by atoms with van der Waals surface area (Å²) in [6, 6.07) is 10.6. The van der Waals surface area contributed by atoms with Gasteiger partial charge < -0.3 is 10.2 Å².